The first-order valence-corrected chi connectivity index (χ1v) is 9.70. The maximum atomic E-state index is 12.6. The van der Waals surface area contributed by atoms with Crippen LogP contribution in [0.3, 0.4) is 0 Å². The first-order chi connectivity index (χ1) is 12.6. The molecule has 1 aliphatic rings. The van der Waals surface area contributed by atoms with E-state index in [2.05, 4.69) is 9.97 Å². The van der Waals surface area contributed by atoms with E-state index in [0.29, 0.717) is 25.9 Å². The van der Waals surface area contributed by atoms with Crippen molar-refractivity contribution < 1.29 is 25.8 Å². The topological polar surface area (TPSA) is 72.4 Å². The molecular weight excluding hydrogens is 383 g/mol. The standard InChI is InChI=1S/C17H18F3N3O3S/c1-12-2-4-15(5-3-12)27(24,25)26-14-6-8-23(9-7-14)16-21-10-13(11-22-16)17(18,19)20/h2-5,10-11,14H,6-9H2,1H3. The molecule has 10 heteroatoms. The van der Waals surface area contributed by atoms with Crippen LogP contribution in [0.15, 0.2) is 41.6 Å². The van der Waals surface area contributed by atoms with Gasteiger partial charge in [-0.2, -0.15) is 21.6 Å². The van der Waals surface area contributed by atoms with Gasteiger partial charge in [-0.05, 0) is 31.9 Å². The number of piperidine rings is 1. The number of aromatic nitrogens is 2. The van der Waals surface area contributed by atoms with Gasteiger partial charge in [0.05, 0.1) is 16.6 Å². The summed E-state index contributed by atoms with van der Waals surface area (Å²) in [5.41, 5.74) is 0.0347. The number of halogens is 3. The summed E-state index contributed by atoms with van der Waals surface area (Å²) in [6.45, 7) is 2.63. The van der Waals surface area contributed by atoms with Gasteiger partial charge in [-0.1, -0.05) is 17.7 Å². The van der Waals surface area contributed by atoms with Gasteiger partial charge in [0.1, 0.15) is 0 Å². The Kier molecular flexibility index (Phi) is 5.38. The Labute approximate surface area is 155 Å². The van der Waals surface area contributed by atoms with Crippen molar-refractivity contribution in [1.82, 2.24) is 9.97 Å². The third kappa shape index (κ3) is 4.75. The zero-order valence-electron chi connectivity index (χ0n) is 14.5. The normalized spacial score (nSPS) is 16.5. The van der Waals surface area contributed by atoms with E-state index in [0.717, 1.165) is 18.0 Å². The molecular formula is C17H18F3N3O3S. The van der Waals surface area contributed by atoms with Gasteiger partial charge in [-0.3, -0.25) is 4.18 Å². The van der Waals surface area contributed by atoms with Gasteiger partial charge in [-0.15, -0.1) is 0 Å². The molecule has 1 aromatic heterocycles. The summed E-state index contributed by atoms with van der Waals surface area (Å²) in [6.07, 6.45) is -2.70. The van der Waals surface area contributed by atoms with Crippen molar-refractivity contribution in [2.24, 2.45) is 0 Å². The predicted molar refractivity (Wildman–Crippen MR) is 91.7 cm³/mol. The first-order valence-electron chi connectivity index (χ1n) is 8.29. The molecule has 3 rings (SSSR count). The highest BCUT2D eigenvalue weighted by Crippen LogP contribution is 2.29. The second-order valence-electron chi connectivity index (χ2n) is 6.32. The predicted octanol–water partition coefficient (Wildman–Crippen LogP) is 3.18. The van der Waals surface area contributed by atoms with Crippen LogP contribution in [0.4, 0.5) is 19.1 Å². The smallest absolute Gasteiger partial charge is 0.341 e. The second kappa shape index (κ2) is 7.43. The van der Waals surface area contributed by atoms with Crippen molar-refractivity contribution in [3.8, 4) is 0 Å². The van der Waals surface area contributed by atoms with Crippen LogP contribution in [0.5, 0.6) is 0 Å². The summed E-state index contributed by atoms with van der Waals surface area (Å²) in [4.78, 5) is 9.33. The van der Waals surface area contributed by atoms with E-state index in [9.17, 15) is 21.6 Å². The summed E-state index contributed by atoms with van der Waals surface area (Å²) in [5.74, 6) is 0.183. The lowest BCUT2D eigenvalue weighted by Crippen LogP contribution is -2.38. The molecule has 1 aromatic carbocycles. The Morgan fingerprint density at radius 3 is 2.15 bits per heavy atom. The van der Waals surface area contributed by atoms with Crippen LogP contribution in [-0.2, 0) is 20.5 Å². The van der Waals surface area contributed by atoms with E-state index >= 15 is 0 Å². The Morgan fingerprint density at radius 2 is 1.63 bits per heavy atom. The molecule has 0 radical (unpaired) electrons. The van der Waals surface area contributed by atoms with Crippen LogP contribution in [0, 0.1) is 6.92 Å². The minimum atomic E-state index is -4.48. The van der Waals surface area contributed by atoms with Crippen LogP contribution in [0.25, 0.3) is 0 Å². The van der Waals surface area contributed by atoms with Crippen LogP contribution in [0.1, 0.15) is 24.0 Å². The van der Waals surface area contributed by atoms with E-state index in [1.165, 1.54) is 12.1 Å². The van der Waals surface area contributed by atoms with E-state index in [1.54, 1.807) is 17.0 Å². The van der Waals surface area contributed by atoms with Gasteiger partial charge in [-0.25, -0.2) is 9.97 Å². The fraction of sp³-hybridized carbons (Fsp3) is 0.412. The van der Waals surface area contributed by atoms with Crippen LogP contribution >= 0.6 is 0 Å². The number of alkyl halides is 3. The second-order valence-corrected chi connectivity index (χ2v) is 7.89. The molecule has 0 atom stereocenters. The van der Waals surface area contributed by atoms with Gasteiger partial charge in [0.15, 0.2) is 0 Å². The Balaban J connectivity index is 1.59. The Hall–Kier alpha value is -2.20. The molecule has 1 aliphatic heterocycles. The summed E-state index contributed by atoms with van der Waals surface area (Å²) in [6, 6.07) is 6.38. The molecule has 146 valence electrons. The van der Waals surface area contributed by atoms with E-state index in [4.69, 9.17) is 4.18 Å². The average Bonchev–Trinajstić information content (AvgIpc) is 2.62. The molecule has 1 saturated heterocycles. The molecule has 0 unspecified atom stereocenters. The zero-order chi connectivity index (χ0) is 19.7. The first kappa shape index (κ1) is 19.6. The maximum Gasteiger partial charge on any atom is 0.419 e. The quantitative estimate of drug-likeness (QED) is 0.733. The number of nitrogens with zero attached hydrogens (tertiary/aromatic N) is 3. The minimum Gasteiger partial charge on any atom is -0.341 e. The van der Waals surface area contributed by atoms with Gasteiger partial charge in [0, 0.05) is 25.5 Å². The number of hydrogen-bond acceptors (Lipinski definition) is 6. The lowest BCUT2D eigenvalue weighted by atomic mass is 10.1. The number of rotatable bonds is 4. The molecule has 6 nitrogen and oxygen atoms in total. The van der Waals surface area contributed by atoms with E-state index in [-0.39, 0.29) is 10.8 Å². The zero-order valence-corrected chi connectivity index (χ0v) is 15.3. The van der Waals surface area contributed by atoms with E-state index in [1.807, 2.05) is 6.92 Å². The molecule has 0 saturated carbocycles. The lowest BCUT2D eigenvalue weighted by molar-refractivity contribution is -0.138. The van der Waals surface area contributed by atoms with Crippen LogP contribution in [0.2, 0.25) is 0 Å². The summed E-state index contributed by atoms with van der Waals surface area (Å²) in [5, 5.41) is 0. The van der Waals surface area contributed by atoms with Crippen molar-refractivity contribution in [1.29, 1.82) is 0 Å². The highest BCUT2D eigenvalue weighted by atomic mass is 32.2. The van der Waals surface area contributed by atoms with E-state index < -0.39 is 28.0 Å². The lowest BCUT2D eigenvalue weighted by Gasteiger charge is -2.31. The summed E-state index contributed by atoms with van der Waals surface area (Å²) < 4.78 is 67.7. The molecule has 2 aromatic rings. The number of aryl methyl sites for hydroxylation is 1. The fourth-order valence-electron chi connectivity index (χ4n) is 2.72. The van der Waals surface area contributed by atoms with Crippen molar-refractivity contribution in [3.63, 3.8) is 0 Å². The van der Waals surface area contributed by atoms with Crippen molar-refractivity contribution in [2.75, 3.05) is 18.0 Å². The number of anilines is 1. The van der Waals surface area contributed by atoms with Crippen LogP contribution < -0.4 is 4.90 Å². The summed E-state index contributed by atoms with van der Waals surface area (Å²) in [7, 11) is -3.86. The SMILES string of the molecule is Cc1ccc(S(=O)(=O)OC2CCN(c3ncc(C(F)(F)F)cn3)CC2)cc1. The molecule has 0 bridgehead atoms. The maximum absolute atomic E-state index is 12.6. The Morgan fingerprint density at radius 1 is 1.07 bits per heavy atom. The molecule has 0 amide bonds. The largest absolute Gasteiger partial charge is 0.419 e. The monoisotopic (exact) mass is 401 g/mol. The average molecular weight is 401 g/mol. The highest BCUT2D eigenvalue weighted by molar-refractivity contribution is 7.86. The van der Waals surface area contributed by atoms with Gasteiger partial charge < -0.3 is 4.90 Å². The highest BCUT2D eigenvalue weighted by Gasteiger charge is 2.32. The van der Waals surface area contributed by atoms with Gasteiger partial charge >= 0.3 is 6.18 Å². The fourth-order valence-corrected chi connectivity index (χ4v) is 3.85. The van der Waals surface area contributed by atoms with Gasteiger partial charge in [0.2, 0.25) is 5.95 Å². The van der Waals surface area contributed by atoms with Crippen LogP contribution in [-0.4, -0.2) is 37.6 Å². The molecule has 1 fully saturated rings. The molecule has 2 heterocycles. The third-order valence-corrected chi connectivity index (χ3v) is 5.64. The molecule has 0 aliphatic carbocycles. The molecule has 0 spiro atoms. The minimum absolute atomic E-state index is 0.0987. The number of hydrogen-bond donors (Lipinski definition) is 0. The Bertz CT molecular complexity index is 876. The van der Waals surface area contributed by atoms with Crippen molar-refractivity contribution in [2.45, 2.75) is 36.9 Å². The summed E-state index contributed by atoms with van der Waals surface area (Å²) >= 11 is 0. The van der Waals surface area contributed by atoms with Crippen molar-refractivity contribution in [3.05, 3.63) is 47.8 Å². The molecule has 27 heavy (non-hydrogen) atoms. The van der Waals surface area contributed by atoms with Gasteiger partial charge in [0.25, 0.3) is 10.1 Å². The van der Waals surface area contributed by atoms with Crippen molar-refractivity contribution >= 4 is 16.1 Å². The molecule has 0 N–H and O–H groups in total. The number of benzene rings is 1. The third-order valence-electron chi connectivity index (χ3n) is 4.26.